The van der Waals surface area contributed by atoms with E-state index in [9.17, 15) is 22.4 Å². The largest absolute Gasteiger partial charge is 0.435 e. The summed E-state index contributed by atoms with van der Waals surface area (Å²) in [4.78, 5) is 12.5. The number of amides is 1. The third-order valence-corrected chi connectivity index (χ3v) is 4.02. The van der Waals surface area contributed by atoms with E-state index in [0.717, 1.165) is 12.1 Å². The predicted octanol–water partition coefficient (Wildman–Crippen LogP) is 5.09. The van der Waals surface area contributed by atoms with Gasteiger partial charge in [0.1, 0.15) is 17.4 Å². The maximum Gasteiger partial charge on any atom is 0.387 e. The van der Waals surface area contributed by atoms with E-state index >= 15 is 0 Å². The minimum atomic E-state index is -2.95. The van der Waals surface area contributed by atoms with Crippen LogP contribution in [0.5, 0.6) is 5.75 Å². The summed E-state index contributed by atoms with van der Waals surface area (Å²) in [5, 5.41) is 2.70. The van der Waals surface area contributed by atoms with Gasteiger partial charge in [0, 0.05) is 6.07 Å². The van der Waals surface area contributed by atoms with Crippen molar-refractivity contribution in [3.8, 4) is 5.75 Å². The molecule has 3 aromatic carbocycles. The maximum absolute atomic E-state index is 13.9. The molecule has 0 aromatic heterocycles. The van der Waals surface area contributed by atoms with Gasteiger partial charge in [0.25, 0.3) is 5.91 Å². The summed E-state index contributed by atoms with van der Waals surface area (Å²) >= 11 is 0. The van der Waals surface area contributed by atoms with Gasteiger partial charge in [0.2, 0.25) is 0 Å². The number of ether oxygens (including phenoxy) is 1. The molecule has 0 spiro atoms. The molecule has 0 heterocycles. The van der Waals surface area contributed by atoms with E-state index in [1.54, 1.807) is 30.3 Å². The summed E-state index contributed by atoms with van der Waals surface area (Å²) in [6.45, 7) is -2.95. The van der Waals surface area contributed by atoms with Crippen molar-refractivity contribution in [2.24, 2.45) is 0 Å². The van der Waals surface area contributed by atoms with Crippen LogP contribution in [-0.2, 0) is 0 Å². The standard InChI is InChI=1S/C21H15F4NO2/c22-15-8-11-17(18(23)12-15)20(27)26-19(13-4-2-1-3-5-13)14-6-9-16(10-7-14)28-21(24)25/h1-12,19,21H,(H,26,27)/t19-/m0/s1. The van der Waals surface area contributed by atoms with Gasteiger partial charge in [-0.05, 0) is 35.4 Å². The monoisotopic (exact) mass is 389 g/mol. The SMILES string of the molecule is O=C(N[C@@H](c1ccccc1)c1ccc(OC(F)F)cc1)c1ccc(F)cc1F. The highest BCUT2D eigenvalue weighted by Gasteiger charge is 2.20. The molecule has 0 unspecified atom stereocenters. The van der Waals surface area contributed by atoms with E-state index in [0.29, 0.717) is 17.2 Å². The Morgan fingerprint density at radius 3 is 2.11 bits per heavy atom. The van der Waals surface area contributed by atoms with Crippen LogP contribution in [0.15, 0.2) is 72.8 Å². The first-order valence-corrected chi connectivity index (χ1v) is 8.29. The molecule has 3 aromatic rings. The first-order chi connectivity index (χ1) is 13.4. The van der Waals surface area contributed by atoms with E-state index in [1.165, 1.54) is 24.3 Å². The zero-order valence-electron chi connectivity index (χ0n) is 14.4. The number of hydrogen-bond donors (Lipinski definition) is 1. The molecule has 0 saturated heterocycles. The van der Waals surface area contributed by atoms with Gasteiger partial charge >= 0.3 is 6.61 Å². The molecule has 1 atom stereocenters. The number of carbonyl (C=O) groups is 1. The van der Waals surface area contributed by atoms with Crippen molar-refractivity contribution in [2.45, 2.75) is 12.7 Å². The average Bonchev–Trinajstić information content (AvgIpc) is 2.67. The summed E-state index contributed by atoms with van der Waals surface area (Å²) in [7, 11) is 0. The molecule has 1 amide bonds. The van der Waals surface area contributed by atoms with E-state index < -0.39 is 30.2 Å². The van der Waals surface area contributed by atoms with E-state index in [1.807, 2.05) is 0 Å². The highest BCUT2D eigenvalue weighted by Crippen LogP contribution is 2.25. The zero-order valence-corrected chi connectivity index (χ0v) is 14.4. The highest BCUT2D eigenvalue weighted by atomic mass is 19.3. The fourth-order valence-electron chi connectivity index (χ4n) is 2.73. The third-order valence-electron chi connectivity index (χ3n) is 4.02. The van der Waals surface area contributed by atoms with Crippen LogP contribution in [0.25, 0.3) is 0 Å². The van der Waals surface area contributed by atoms with Crippen molar-refractivity contribution >= 4 is 5.91 Å². The van der Waals surface area contributed by atoms with Crippen LogP contribution in [-0.4, -0.2) is 12.5 Å². The Morgan fingerprint density at radius 1 is 0.857 bits per heavy atom. The smallest absolute Gasteiger partial charge is 0.387 e. The van der Waals surface area contributed by atoms with Gasteiger partial charge in [-0.1, -0.05) is 42.5 Å². The van der Waals surface area contributed by atoms with Crippen molar-refractivity contribution < 1.29 is 27.1 Å². The van der Waals surface area contributed by atoms with E-state index in [2.05, 4.69) is 10.1 Å². The predicted molar refractivity (Wildman–Crippen MR) is 95.2 cm³/mol. The first-order valence-electron chi connectivity index (χ1n) is 8.29. The molecule has 1 N–H and O–H groups in total. The quantitative estimate of drug-likeness (QED) is 0.597. The average molecular weight is 389 g/mol. The number of carbonyl (C=O) groups excluding carboxylic acids is 1. The minimum absolute atomic E-state index is 0.0264. The summed E-state index contributed by atoms with van der Waals surface area (Å²) in [5.41, 5.74) is 0.963. The molecule has 3 nitrogen and oxygen atoms in total. The normalized spacial score (nSPS) is 11.9. The van der Waals surface area contributed by atoms with Gasteiger partial charge in [0.05, 0.1) is 11.6 Å². The lowest BCUT2D eigenvalue weighted by molar-refractivity contribution is -0.0498. The van der Waals surface area contributed by atoms with Crippen LogP contribution in [0.2, 0.25) is 0 Å². The van der Waals surface area contributed by atoms with Gasteiger partial charge in [-0.3, -0.25) is 4.79 Å². The van der Waals surface area contributed by atoms with Crippen LogP contribution in [0, 0.1) is 11.6 Å². The molecular formula is C21H15F4NO2. The second-order valence-electron chi connectivity index (χ2n) is 5.89. The number of benzene rings is 3. The molecule has 28 heavy (non-hydrogen) atoms. The van der Waals surface area contributed by atoms with Crippen molar-refractivity contribution in [1.29, 1.82) is 0 Å². The molecule has 0 aliphatic heterocycles. The first kappa shape index (κ1) is 19.4. The second-order valence-corrected chi connectivity index (χ2v) is 5.89. The van der Waals surface area contributed by atoms with Crippen LogP contribution >= 0.6 is 0 Å². The molecule has 0 bridgehead atoms. The third kappa shape index (κ3) is 4.68. The van der Waals surface area contributed by atoms with Gasteiger partial charge in [-0.15, -0.1) is 0 Å². The van der Waals surface area contributed by atoms with Crippen molar-refractivity contribution in [3.05, 3.63) is 101 Å². The summed E-state index contributed by atoms with van der Waals surface area (Å²) in [6.07, 6.45) is 0. The molecule has 0 fully saturated rings. The molecule has 0 radical (unpaired) electrons. The second kappa shape index (κ2) is 8.56. The van der Waals surface area contributed by atoms with Crippen molar-refractivity contribution in [3.63, 3.8) is 0 Å². The lowest BCUT2D eigenvalue weighted by atomic mass is 9.98. The van der Waals surface area contributed by atoms with Crippen LogP contribution in [0.3, 0.4) is 0 Å². The Kier molecular flexibility index (Phi) is 5.93. The molecule has 7 heteroatoms. The van der Waals surface area contributed by atoms with Crippen molar-refractivity contribution in [1.82, 2.24) is 5.32 Å². The molecule has 3 rings (SSSR count). The molecule has 0 aliphatic carbocycles. The fourth-order valence-corrected chi connectivity index (χ4v) is 2.73. The Bertz CT molecular complexity index is 946. The van der Waals surface area contributed by atoms with Crippen LogP contribution in [0.4, 0.5) is 17.6 Å². The number of nitrogens with one attached hydrogen (secondary N) is 1. The number of hydrogen-bond acceptors (Lipinski definition) is 2. The summed E-state index contributed by atoms with van der Waals surface area (Å²) in [5.74, 6) is -2.53. The summed E-state index contributed by atoms with van der Waals surface area (Å²) < 4.78 is 56.0. The minimum Gasteiger partial charge on any atom is -0.435 e. The molecule has 0 aliphatic rings. The Hall–Kier alpha value is -3.35. The van der Waals surface area contributed by atoms with Gasteiger partial charge < -0.3 is 10.1 Å². The lowest BCUT2D eigenvalue weighted by Gasteiger charge is -2.20. The van der Waals surface area contributed by atoms with Crippen molar-refractivity contribution in [2.75, 3.05) is 0 Å². The Morgan fingerprint density at radius 2 is 1.50 bits per heavy atom. The van der Waals surface area contributed by atoms with Gasteiger partial charge in [0.15, 0.2) is 0 Å². The Labute approximate surface area is 158 Å². The van der Waals surface area contributed by atoms with Gasteiger partial charge in [-0.25, -0.2) is 8.78 Å². The van der Waals surface area contributed by atoms with Crippen LogP contribution in [0.1, 0.15) is 27.5 Å². The number of alkyl halides is 2. The fraction of sp³-hybridized carbons (Fsp3) is 0.0952. The van der Waals surface area contributed by atoms with Crippen LogP contribution < -0.4 is 10.1 Å². The zero-order chi connectivity index (χ0) is 20.1. The van der Waals surface area contributed by atoms with E-state index in [4.69, 9.17) is 0 Å². The van der Waals surface area contributed by atoms with E-state index in [-0.39, 0.29) is 11.3 Å². The maximum atomic E-state index is 13.9. The topological polar surface area (TPSA) is 38.3 Å². The number of halogens is 4. The molecule has 0 saturated carbocycles. The Balaban J connectivity index is 1.90. The summed E-state index contributed by atoms with van der Waals surface area (Å²) in [6, 6.07) is 16.6. The van der Waals surface area contributed by atoms with Gasteiger partial charge in [-0.2, -0.15) is 8.78 Å². The molecule has 144 valence electrons. The highest BCUT2D eigenvalue weighted by molar-refractivity contribution is 5.95. The number of rotatable bonds is 6. The molecular weight excluding hydrogens is 374 g/mol. The lowest BCUT2D eigenvalue weighted by Crippen LogP contribution is -2.30.